The molecule has 0 saturated carbocycles. The van der Waals surface area contributed by atoms with Gasteiger partial charge in [-0.2, -0.15) is 0 Å². The Hall–Kier alpha value is -3.59. The van der Waals surface area contributed by atoms with Gasteiger partial charge in [-0.1, -0.05) is 48.0 Å². The van der Waals surface area contributed by atoms with Crippen LogP contribution in [-0.2, 0) is 23.1 Å². The minimum Gasteiger partial charge on any atom is -0.457 e. The number of thioether (sulfide) groups is 1. The third-order valence-electron chi connectivity index (χ3n) is 5.01. The summed E-state index contributed by atoms with van der Waals surface area (Å²) in [7, 11) is 1.27. The third-order valence-corrected chi connectivity index (χ3v) is 6.02. The molecule has 3 rings (SSSR count). The molecule has 0 fully saturated rings. The van der Waals surface area contributed by atoms with E-state index in [-0.39, 0.29) is 24.3 Å². The van der Waals surface area contributed by atoms with Crippen LogP contribution in [0.15, 0.2) is 69.1 Å². The van der Waals surface area contributed by atoms with E-state index in [9.17, 15) is 19.2 Å². The van der Waals surface area contributed by atoms with Crippen LogP contribution < -0.4 is 17.0 Å². The molecule has 33 heavy (non-hydrogen) atoms. The van der Waals surface area contributed by atoms with Gasteiger partial charge in [0, 0.05) is 17.7 Å². The van der Waals surface area contributed by atoms with Crippen molar-refractivity contribution in [1.82, 2.24) is 9.13 Å². The maximum absolute atomic E-state index is 12.7. The summed E-state index contributed by atoms with van der Waals surface area (Å²) in [5.74, 6) is -1.07. The fourth-order valence-corrected chi connectivity index (χ4v) is 3.97. The van der Waals surface area contributed by atoms with Crippen LogP contribution >= 0.6 is 11.8 Å². The molecule has 0 saturated heterocycles. The molecule has 0 aliphatic heterocycles. The van der Waals surface area contributed by atoms with Gasteiger partial charge < -0.3 is 10.5 Å². The van der Waals surface area contributed by atoms with Crippen molar-refractivity contribution in [3.8, 4) is 0 Å². The summed E-state index contributed by atoms with van der Waals surface area (Å²) in [5.41, 5.74) is 6.16. The van der Waals surface area contributed by atoms with Crippen molar-refractivity contribution in [2.24, 2.45) is 7.05 Å². The van der Waals surface area contributed by atoms with Crippen LogP contribution in [0.4, 0.5) is 5.82 Å². The van der Waals surface area contributed by atoms with Gasteiger partial charge in [-0.15, -0.1) is 11.8 Å². The zero-order valence-corrected chi connectivity index (χ0v) is 19.3. The Bertz CT molecular complexity index is 1260. The number of ether oxygens (including phenoxy) is 1. The van der Waals surface area contributed by atoms with Gasteiger partial charge in [0.1, 0.15) is 11.4 Å². The highest BCUT2D eigenvalue weighted by molar-refractivity contribution is 7.99. The van der Waals surface area contributed by atoms with E-state index in [1.165, 1.54) is 18.8 Å². The van der Waals surface area contributed by atoms with E-state index in [2.05, 4.69) is 0 Å². The molecule has 0 bridgehead atoms. The highest BCUT2D eigenvalue weighted by Crippen LogP contribution is 2.19. The zero-order valence-electron chi connectivity index (χ0n) is 18.4. The minimum atomic E-state index is -0.821. The molecular formula is C24H25N3O5S. The molecule has 0 radical (unpaired) electrons. The second-order valence-corrected chi connectivity index (χ2v) is 8.64. The van der Waals surface area contributed by atoms with Crippen LogP contribution in [0.5, 0.6) is 0 Å². The summed E-state index contributed by atoms with van der Waals surface area (Å²) in [6.45, 7) is 1.46. The predicted molar refractivity (Wildman–Crippen MR) is 128 cm³/mol. The lowest BCUT2D eigenvalue weighted by molar-refractivity contribution is -0.141. The van der Waals surface area contributed by atoms with E-state index in [1.54, 1.807) is 24.3 Å². The van der Waals surface area contributed by atoms with Crippen LogP contribution in [0, 0.1) is 6.92 Å². The third kappa shape index (κ3) is 6.01. The SMILES string of the molecule is Cc1ccc(SCCC(=O)OCC(=O)c2c(N)n(Cc3ccccc3)c(=O)n(C)c2=O)cc1. The number of benzene rings is 2. The predicted octanol–water partition coefficient (Wildman–Crippen LogP) is 2.39. The average Bonchev–Trinajstić information content (AvgIpc) is 2.81. The van der Waals surface area contributed by atoms with E-state index >= 15 is 0 Å². The van der Waals surface area contributed by atoms with Gasteiger partial charge in [-0.05, 0) is 24.6 Å². The Morgan fingerprint density at radius 2 is 1.70 bits per heavy atom. The maximum Gasteiger partial charge on any atom is 0.332 e. The number of hydrogen-bond donors (Lipinski definition) is 1. The first-order chi connectivity index (χ1) is 15.8. The fraction of sp³-hybridized carbons (Fsp3) is 0.250. The van der Waals surface area contributed by atoms with Gasteiger partial charge in [0.25, 0.3) is 5.56 Å². The number of nitrogens with zero attached hydrogens (tertiary/aromatic N) is 2. The van der Waals surface area contributed by atoms with Crippen LogP contribution in [-0.4, -0.2) is 33.2 Å². The molecule has 172 valence electrons. The number of rotatable bonds is 9. The minimum absolute atomic E-state index is 0.0932. The number of nitrogens with two attached hydrogens (primary N) is 1. The normalized spacial score (nSPS) is 10.7. The summed E-state index contributed by atoms with van der Waals surface area (Å²) in [6, 6.07) is 17.0. The van der Waals surface area contributed by atoms with Gasteiger partial charge in [-0.3, -0.25) is 23.5 Å². The van der Waals surface area contributed by atoms with Crippen LogP contribution in [0.1, 0.15) is 27.9 Å². The van der Waals surface area contributed by atoms with Crippen molar-refractivity contribution in [2.75, 3.05) is 18.1 Å². The number of ketones is 1. The first kappa shape index (κ1) is 24.1. The average molecular weight is 468 g/mol. The van der Waals surface area contributed by atoms with Gasteiger partial charge in [-0.25, -0.2) is 4.79 Å². The number of esters is 1. The summed E-state index contributed by atoms with van der Waals surface area (Å²) >= 11 is 1.50. The molecular weight excluding hydrogens is 442 g/mol. The van der Waals surface area contributed by atoms with Crippen molar-refractivity contribution in [3.05, 3.63) is 92.1 Å². The number of carbonyl (C=O) groups excluding carboxylic acids is 2. The number of aryl methyl sites for hydroxylation is 1. The van der Waals surface area contributed by atoms with Crippen molar-refractivity contribution in [1.29, 1.82) is 0 Å². The topological polar surface area (TPSA) is 113 Å². The first-order valence-electron chi connectivity index (χ1n) is 10.3. The fourth-order valence-electron chi connectivity index (χ4n) is 3.14. The van der Waals surface area contributed by atoms with Crippen molar-refractivity contribution >= 4 is 29.3 Å². The highest BCUT2D eigenvalue weighted by atomic mass is 32.2. The number of Topliss-reactive ketones (excluding diaryl/α,β-unsaturated/α-hetero) is 1. The zero-order chi connectivity index (χ0) is 24.0. The lowest BCUT2D eigenvalue weighted by Crippen LogP contribution is -2.43. The van der Waals surface area contributed by atoms with Gasteiger partial charge in [0.15, 0.2) is 6.61 Å². The molecule has 0 amide bonds. The Morgan fingerprint density at radius 1 is 1.03 bits per heavy atom. The van der Waals surface area contributed by atoms with Gasteiger partial charge in [0.05, 0.1) is 13.0 Å². The lowest BCUT2D eigenvalue weighted by atomic mass is 10.2. The number of anilines is 1. The molecule has 1 aromatic heterocycles. The Labute approximate surface area is 195 Å². The molecule has 0 aliphatic carbocycles. The maximum atomic E-state index is 12.7. The van der Waals surface area contributed by atoms with Crippen LogP contribution in [0.3, 0.4) is 0 Å². The van der Waals surface area contributed by atoms with E-state index in [0.29, 0.717) is 5.75 Å². The number of nitrogen functional groups attached to an aromatic ring is 1. The van der Waals surface area contributed by atoms with E-state index in [1.807, 2.05) is 37.3 Å². The molecule has 1 heterocycles. The molecule has 3 aromatic rings. The molecule has 0 atom stereocenters. The summed E-state index contributed by atoms with van der Waals surface area (Å²) in [5, 5.41) is 0. The second kappa shape index (κ2) is 10.8. The number of hydrogen-bond acceptors (Lipinski definition) is 7. The van der Waals surface area contributed by atoms with Crippen LogP contribution in [0.25, 0.3) is 0 Å². The van der Waals surface area contributed by atoms with Crippen molar-refractivity contribution < 1.29 is 14.3 Å². The molecule has 2 aromatic carbocycles. The monoisotopic (exact) mass is 467 g/mol. The van der Waals surface area contributed by atoms with Crippen molar-refractivity contribution in [2.45, 2.75) is 24.8 Å². The molecule has 0 aliphatic rings. The smallest absolute Gasteiger partial charge is 0.332 e. The highest BCUT2D eigenvalue weighted by Gasteiger charge is 2.22. The summed E-state index contributed by atoms with van der Waals surface area (Å²) < 4.78 is 7.04. The first-order valence-corrected chi connectivity index (χ1v) is 11.3. The summed E-state index contributed by atoms with van der Waals surface area (Å²) in [4.78, 5) is 50.9. The number of carbonyl (C=O) groups is 2. The van der Waals surface area contributed by atoms with E-state index < -0.39 is 29.6 Å². The molecule has 2 N–H and O–H groups in total. The Kier molecular flexibility index (Phi) is 7.89. The van der Waals surface area contributed by atoms with Gasteiger partial charge in [0.2, 0.25) is 5.78 Å². The Morgan fingerprint density at radius 3 is 2.36 bits per heavy atom. The molecule has 9 heteroatoms. The van der Waals surface area contributed by atoms with E-state index in [4.69, 9.17) is 10.5 Å². The molecule has 8 nitrogen and oxygen atoms in total. The molecule has 0 spiro atoms. The second-order valence-electron chi connectivity index (χ2n) is 7.47. The van der Waals surface area contributed by atoms with Gasteiger partial charge >= 0.3 is 11.7 Å². The quantitative estimate of drug-likeness (QED) is 0.292. The Balaban J connectivity index is 1.66. The van der Waals surface area contributed by atoms with E-state index in [0.717, 1.165) is 25.2 Å². The van der Waals surface area contributed by atoms with Crippen LogP contribution in [0.2, 0.25) is 0 Å². The lowest BCUT2D eigenvalue weighted by Gasteiger charge is -2.14. The largest absolute Gasteiger partial charge is 0.457 e. The number of aromatic nitrogens is 2. The summed E-state index contributed by atoms with van der Waals surface area (Å²) in [6.07, 6.45) is 0.104. The molecule has 0 unspecified atom stereocenters. The standard InChI is InChI=1S/C24H25N3O5S/c1-16-8-10-18(11-9-16)33-13-12-20(29)32-15-19(28)21-22(25)27(24(31)26(2)23(21)30)14-17-6-4-3-5-7-17/h3-11H,12-15,25H2,1-2H3. The van der Waals surface area contributed by atoms with Crippen molar-refractivity contribution in [3.63, 3.8) is 0 Å².